The van der Waals surface area contributed by atoms with Crippen molar-refractivity contribution in [3.63, 3.8) is 0 Å². The van der Waals surface area contributed by atoms with Gasteiger partial charge in [0.05, 0.1) is 12.9 Å². The molecule has 0 aromatic carbocycles. The number of ether oxygens (including phenoxy) is 1. The molecule has 0 aliphatic heterocycles. The van der Waals surface area contributed by atoms with Crippen molar-refractivity contribution in [1.29, 1.82) is 0 Å². The normalized spacial score (nSPS) is 11.7. The Bertz CT molecular complexity index is 1050. The molecule has 0 saturated heterocycles. The number of nitrogens with zero attached hydrogens (tertiary/aromatic N) is 4. The molecule has 0 radical (unpaired) electrons. The van der Waals surface area contributed by atoms with Crippen molar-refractivity contribution >= 4 is 0 Å². The molecule has 0 spiro atoms. The van der Waals surface area contributed by atoms with Crippen LogP contribution < -0.4 is 0 Å². The molecule has 0 fully saturated rings. The molecule has 0 unspecified atom stereocenters. The molecule has 0 atom stereocenters. The van der Waals surface area contributed by atoms with Crippen LogP contribution in [0.25, 0.3) is 0 Å². The highest BCUT2D eigenvalue weighted by atomic mass is 16.5. The van der Waals surface area contributed by atoms with Gasteiger partial charge in [0, 0.05) is 32.6 Å². The zero-order valence-electron chi connectivity index (χ0n) is 56.0. The van der Waals surface area contributed by atoms with E-state index in [9.17, 15) is 0 Å². The maximum atomic E-state index is 5.11. The van der Waals surface area contributed by atoms with Gasteiger partial charge in [0.25, 0.3) is 0 Å². The van der Waals surface area contributed by atoms with E-state index in [4.69, 9.17) is 4.74 Å². The van der Waals surface area contributed by atoms with Crippen LogP contribution in [-0.2, 0) is 4.74 Å². The maximum absolute atomic E-state index is 5.11. The first-order valence-corrected chi connectivity index (χ1v) is 36.6. The zero-order chi connectivity index (χ0) is 57.1. The van der Waals surface area contributed by atoms with Gasteiger partial charge in [0.2, 0.25) is 0 Å². The van der Waals surface area contributed by atoms with Crippen LogP contribution in [0.1, 0.15) is 376 Å². The highest BCUT2D eigenvalue weighted by Crippen LogP contribution is 2.17. The maximum Gasteiger partial charge on any atom is 0.0883 e. The molecule has 0 aliphatic carbocycles. The summed E-state index contributed by atoms with van der Waals surface area (Å²) in [5.74, 6) is 0.935. The summed E-state index contributed by atoms with van der Waals surface area (Å²) in [6.07, 6.45) is 72.3. The van der Waals surface area contributed by atoms with E-state index in [1.165, 1.54) is 400 Å². The van der Waals surface area contributed by atoms with Crippen molar-refractivity contribution in [3.8, 4) is 0 Å². The number of hydrogen-bond acceptors (Lipinski definition) is 5. The van der Waals surface area contributed by atoms with Crippen LogP contribution in [0.15, 0.2) is 12.3 Å². The lowest BCUT2D eigenvalue weighted by Gasteiger charge is -2.30. The van der Waals surface area contributed by atoms with Crippen LogP contribution in [0.3, 0.4) is 0 Å². The smallest absolute Gasteiger partial charge is 0.0883 e. The van der Waals surface area contributed by atoms with E-state index in [1.807, 2.05) is 0 Å². The Balaban J connectivity index is 0. The second-order valence-corrected chi connectivity index (χ2v) is 25.0. The molecule has 0 bridgehead atoms. The van der Waals surface area contributed by atoms with Crippen LogP contribution in [0.5, 0.6) is 0 Å². The highest BCUT2D eigenvalue weighted by Gasteiger charge is 2.12. The molecule has 78 heavy (non-hydrogen) atoms. The summed E-state index contributed by atoms with van der Waals surface area (Å²) < 4.78 is 5.11. The molecule has 0 aromatic heterocycles. The van der Waals surface area contributed by atoms with Crippen molar-refractivity contribution < 1.29 is 4.74 Å². The topological polar surface area (TPSA) is 22.2 Å². The van der Waals surface area contributed by atoms with Gasteiger partial charge in [-0.25, -0.2) is 0 Å². The van der Waals surface area contributed by atoms with E-state index in [0.717, 1.165) is 12.2 Å². The van der Waals surface area contributed by atoms with E-state index in [-0.39, 0.29) is 0 Å². The summed E-state index contributed by atoms with van der Waals surface area (Å²) in [6.45, 7) is 35.5. The summed E-state index contributed by atoms with van der Waals surface area (Å²) in [6, 6.07) is 0. The number of unbranched alkanes of at least 4 members (excludes halogenated alkanes) is 44. The average Bonchev–Trinajstić information content (AvgIpc) is 3.45. The zero-order valence-corrected chi connectivity index (χ0v) is 56.0. The summed E-state index contributed by atoms with van der Waals surface area (Å²) in [5.41, 5.74) is 0. The largest absolute Gasteiger partial charge is 0.502 e. The molecule has 0 N–H and O–H groups in total. The second-order valence-electron chi connectivity index (χ2n) is 25.0. The SMILES string of the molecule is C=C(CCCCCCCCCCCN(CC)CCCCCCCCCCCC)OC.CCCCCCCCCCCCN(CCCCCCCCCCCC)CCN(CCCCCCCCCCCC)CCN(CC)CCC. The monoisotopic (exact) mass is 1100 g/mol. The van der Waals surface area contributed by atoms with Crippen LogP contribution in [0.2, 0.25) is 0 Å². The Hall–Kier alpha value is -0.620. The van der Waals surface area contributed by atoms with Gasteiger partial charge in [-0.3, -0.25) is 0 Å². The number of allylic oxidation sites excluding steroid dienone is 1. The number of rotatable bonds is 67. The number of likely N-dealkylation sites (N-methyl/N-ethyl adjacent to an activating group) is 1. The van der Waals surface area contributed by atoms with Crippen molar-refractivity contribution in [2.75, 3.05) is 85.6 Å². The Kier molecular flexibility index (Phi) is 72.0. The lowest BCUT2D eigenvalue weighted by Crippen LogP contribution is -2.41. The van der Waals surface area contributed by atoms with Gasteiger partial charge < -0.3 is 24.3 Å². The quantitative estimate of drug-likeness (QED) is 0.0446. The molecule has 0 heterocycles. The van der Waals surface area contributed by atoms with E-state index >= 15 is 0 Å². The van der Waals surface area contributed by atoms with Gasteiger partial charge in [0.1, 0.15) is 0 Å². The fourth-order valence-corrected chi connectivity index (χ4v) is 11.7. The van der Waals surface area contributed by atoms with Crippen molar-refractivity contribution in [2.45, 2.75) is 376 Å². The molecule has 0 saturated carbocycles. The highest BCUT2D eigenvalue weighted by molar-refractivity contribution is 4.80. The molecule has 0 rings (SSSR count). The third kappa shape index (κ3) is 64.5. The van der Waals surface area contributed by atoms with Crippen molar-refractivity contribution in [2.24, 2.45) is 0 Å². The van der Waals surface area contributed by atoms with Gasteiger partial charge in [-0.2, -0.15) is 0 Å². The van der Waals surface area contributed by atoms with Crippen molar-refractivity contribution in [3.05, 3.63) is 12.3 Å². The van der Waals surface area contributed by atoms with Crippen LogP contribution in [0, 0.1) is 0 Å². The van der Waals surface area contributed by atoms with E-state index in [0.29, 0.717) is 0 Å². The summed E-state index contributed by atoms with van der Waals surface area (Å²) >= 11 is 0. The molecule has 5 heteroatoms. The van der Waals surface area contributed by atoms with Gasteiger partial charge >= 0.3 is 0 Å². The first-order chi connectivity index (χ1) is 38.4. The molecule has 470 valence electrons. The summed E-state index contributed by atoms with van der Waals surface area (Å²) in [5, 5.41) is 0. The van der Waals surface area contributed by atoms with E-state index < -0.39 is 0 Å². The number of hydrogen-bond donors (Lipinski definition) is 0. The minimum absolute atomic E-state index is 0.935. The molecule has 0 amide bonds. The average molecular weight is 1100 g/mol. The lowest BCUT2D eigenvalue weighted by atomic mass is 10.1. The third-order valence-electron chi connectivity index (χ3n) is 17.4. The van der Waals surface area contributed by atoms with Crippen LogP contribution in [0.4, 0.5) is 0 Å². The molecule has 0 aliphatic rings. The predicted octanol–water partition coefficient (Wildman–Crippen LogP) is 23.4. The first kappa shape index (κ1) is 79.4. The van der Waals surface area contributed by atoms with E-state index in [2.05, 4.69) is 74.6 Å². The molecule has 5 nitrogen and oxygen atoms in total. The Labute approximate surface area is 495 Å². The first-order valence-electron chi connectivity index (χ1n) is 36.6. The van der Waals surface area contributed by atoms with Gasteiger partial charge in [-0.15, -0.1) is 0 Å². The van der Waals surface area contributed by atoms with Crippen LogP contribution in [-0.4, -0.2) is 105 Å². The minimum Gasteiger partial charge on any atom is -0.502 e. The lowest BCUT2D eigenvalue weighted by molar-refractivity contribution is 0.172. The Morgan fingerprint density at radius 2 is 0.410 bits per heavy atom. The fraction of sp³-hybridized carbons (Fsp3) is 0.973. The van der Waals surface area contributed by atoms with E-state index in [1.54, 1.807) is 7.11 Å². The van der Waals surface area contributed by atoms with Gasteiger partial charge in [-0.1, -0.05) is 331 Å². The standard InChI is InChI=1S/C45H95N3.C28H57NO/c1-6-11-14-17-20-23-26-29-32-35-39-47(40-36-33-30-27-24-21-18-15-12-7-2)44-45-48(43-42-46(10-5)38-9-4)41-37-34-31-28-25-22-19-16-13-8-3;1-5-7-8-9-10-11-14-17-20-23-26-29(6-2)27-24-21-18-15-12-13-16-19-22-25-28(3)30-4/h6-45H2,1-5H3;3,5-27H2,1-2,4H3. The minimum atomic E-state index is 0.935. The third-order valence-corrected chi connectivity index (χ3v) is 17.4. The molecule has 0 aromatic rings. The van der Waals surface area contributed by atoms with Crippen LogP contribution >= 0.6 is 0 Å². The van der Waals surface area contributed by atoms with Crippen molar-refractivity contribution in [1.82, 2.24) is 19.6 Å². The Morgan fingerprint density at radius 1 is 0.218 bits per heavy atom. The van der Waals surface area contributed by atoms with Gasteiger partial charge in [0.15, 0.2) is 0 Å². The summed E-state index contributed by atoms with van der Waals surface area (Å²) in [4.78, 5) is 11.1. The number of methoxy groups -OCH3 is 1. The van der Waals surface area contributed by atoms with Gasteiger partial charge in [-0.05, 0) is 97.3 Å². The predicted molar refractivity (Wildman–Crippen MR) is 357 cm³/mol. The molecular weight excluding hydrogens is 949 g/mol. The second kappa shape index (κ2) is 70.6. The Morgan fingerprint density at radius 3 is 0.641 bits per heavy atom. The molecular formula is C73H152N4O. The summed E-state index contributed by atoms with van der Waals surface area (Å²) in [7, 11) is 1.72. The fourth-order valence-electron chi connectivity index (χ4n) is 11.7.